The molecule has 0 saturated carbocycles. The highest BCUT2D eigenvalue weighted by molar-refractivity contribution is 6.03. The van der Waals surface area contributed by atoms with Gasteiger partial charge in [-0.25, -0.2) is 0 Å². The monoisotopic (exact) mass is 454 g/mol. The van der Waals surface area contributed by atoms with E-state index in [9.17, 15) is 9.59 Å². The quantitative estimate of drug-likeness (QED) is 0.474. The Kier molecular flexibility index (Phi) is 8.25. The molecule has 0 aliphatic carbocycles. The summed E-state index contributed by atoms with van der Waals surface area (Å²) in [5.74, 6) is -0.124. The largest absolute Gasteiger partial charge is 0.376 e. The SMILES string of the molecule is O=C(Cc1ccc(N(Cc2ccccc2)C(=O)/C=C/c2ccccc2)cc1)NC[C@H]1CCCO1. The van der Waals surface area contributed by atoms with Crippen LogP contribution >= 0.6 is 0 Å². The van der Waals surface area contributed by atoms with Crippen molar-refractivity contribution in [3.05, 3.63) is 108 Å². The molecule has 1 saturated heterocycles. The molecular formula is C29H30N2O3. The molecular weight excluding hydrogens is 424 g/mol. The van der Waals surface area contributed by atoms with Crippen molar-refractivity contribution >= 4 is 23.6 Å². The van der Waals surface area contributed by atoms with Crippen molar-refractivity contribution in [1.29, 1.82) is 0 Å². The summed E-state index contributed by atoms with van der Waals surface area (Å²) in [6, 6.07) is 27.3. The highest BCUT2D eigenvalue weighted by Crippen LogP contribution is 2.20. The zero-order chi connectivity index (χ0) is 23.6. The van der Waals surface area contributed by atoms with E-state index < -0.39 is 0 Å². The minimum Gasteiger partial charge on any atom is -0.376 e. The molecule has 0 aromatic heterocycles. The summed E-state index contributed by atoms with van der Waals surface area (Å²) in [5.41, 5.74) is 3.71. The first kappa shape index (κ1) is 23.5. The fourth-order valence-electron chi connectivity index (χ4n) is 3.96. The normalized spacial score (nSPS) is 15.4. The Hall–Kier alpha value is -3.70. The van der Waals surface area contributed by atoms with E-state index in [1.165, 1.54) is 0 Å². The molecule has 4 rings (SSSR count). The first-order chi connectivity index (χ1) is 16.7. The third-order valence-electron chi connectivity index (χ3n) is 5.83. The summed E-state index contributed by atoms with van der Waals surface area (Å²) in [7, 11) is 0. The molecule has 174 valence electrons. The Balaban J connectivity index is 1.43. The molecule has 5 nitrogen and oxygen atoms in total. The molecule has 3 aromatic rings. The second kappa shape index (κ2) is 12.0. The number of ether oxygens (including phenoxy) is 1. The summed E-state index contributed by atoms with van der Waals surface area (Å²) in [6.45, 7) is 1.80. The maximum Gasteiger partial charge on any atom is 0.251 e. The van der Waals surface area contributed by atoms with Crippen LogP contribution < -0.4 is 10.2 Å². The van der Waals surface area contributed by atoms with Crippen LogP contribution in [0.2, 0.25) is 0 Å². The zero-order valence-corrected chi connectivity index (χ0v) is 19.2. The van der Waals surface area contributed by atoms with Crippen molar-refractivity contribution in [1.82, 2.24) is 5.32 Å². The summed E-state index contributed by atoms with van der Waals surface area (Å²) in [5, 5.41) is 2.96. The molecule has 3 aromatic carbocycles. The van der Waals surface area contributed by atoms with Gasteiger partial charge in [0, 0.05) is 24.9 Å². The number of benzene rings is 3. The van der Waals surface area contributed by atoms with Gasteiger partial charge in [-0.15, -0.1) is 0 Å². The average molecular weight is 455 g/mol. The third-order valence-corrected chi connectivity index (χ3v) is 5.83. The summed E-state index contributed by atoms with van der Waals surface area (Å²) < 4.78 is 5.56. The van der Waals surface area contributed by atoms with Crippen LogP contribution in [0.1, 0.15) is 29.5 Å². The Morgan fingerprint density at radius 1 is 0.912 bits per heavy atom. The van der Waals surface area contributed by atoms with Crippen molar-refractivity contribution in [3.63, 3.8) is 0 Å². The highest BCUT2D eigenvalue weighted by atomic mass is 16.5. The lowest BCUT2D eigenvalue weighted by atomic mass is 10.1. The Labute approximate surface area is 201 Å². The van der Waals surface area contributed by atoms with E-state index in [1.807, 2.05) is 91.0 Å². The molecule has 0 spiro atoms. The fraction of sp³-hybridized carbons (Fsp3) is 0.241. The van der Waals surface area contributed by atoms with Gasteiger partial charge in [-0.3, -0.25) is 9.59 Å². The summed E-state index contributed by atoms with van der Waals surface area (Å²) in [6.07, 6.45) is 5.92. The van der Waals surface area contributed by atoms with Gasteiger partial charge in [-0.05, 0) is 47.7 Å². The van der Waals surface area contributed by atoms with Gasteiger partial charge in [0.2, 0.25) is 5.91 Å². The Morgan fingerprint density at radius 2 is 1.62 bits per heavy atom. The van der Waals surface area contributed by atoms with Gasteiger partial charge in [0.05, 0.1) is 19.1 Å². The molecule has 2 amide bonds. The van der Waals surface area contributed by atoms with E-state index in [-0.39, 0.29) is 17.9 Å². The van der Waals surface area contributed by atoms with Gasteiger partial charge < -0.3 is 15.0 Å². The van der Waals surface area contributed by atoms with Crippen molar-refractivity contribution in [2.45, 2.75) is 31.9 Å². The molecule has 1 heterocycles. The number of hydrogen-bond acceptors (Lipinski definition) is 3. The van der Waals surface area contributed by atoms with Gasteiger partial charge >= 0.3 is 0 Å². The topological polar surface area (TPSA) is 58.6 Å². The molecule has 1 aliphatic rings. The first-order valence-electron chi connectivity index (χ1n) is 11.7. The lowest BCUT2D eigenvalue weighted by Crippen LogP contribution is -2.32. The number of carbonyl (C=O) groups is 2. The Bertz CT molecular complexity index is 1090. The van der Waals surface area contributed by atoms with Gasteiger partial charge in [-0.1, -0.05) is 72.8 Å². The lowest BCUT2D eigenvalue weighted by molar-refractivity contribution is -0.121. The number of nitrogens with one attached hydrogen (secondary N) is 1. The van der Waals surface area contributed by atoms with Crippen LogP contribution in [0, 0.1) is 0 Å². The van der Waals surface area contributed by atoms with E-state index >= 15 is 0 Å². The van der Waals surface area contributed by atoms with Crippen LogP contribution in [0.4, 0.5) is 5.69 Å². The van der Waals surface area contributed by atoms with Gasteiger partial charge in [0.25, 0.3) is 5.91 Å². The minimum absolute atomic E-state index is 0.0220. The van der Waals surface area contributed by atoms with Crippen LogP contribution in [0.5, 0.6) is 0 Å². The van der Waals surface area contributed by atoms with Crippen molar-refractivity contribution in [3.8, 4) is 0 Å². The van der Waals surface area contributed by atoms with Gasteiger partial charge in [-0.2, -0.15) is 0 Å². The van der Waals surface area contributed by atoms with Crippen LogP contribution in [0.15, 0.2) is 91.0 Å². The van der Waals surface area contributed by atoms with Crippen LogP contribution in [0.25, 0.3) is 6.08 Å². The number of hydrogen-bond donors (Lipinski definition) is 1. The number of anilines is 1. The average Bonchev–Trinajstić information content (AvgIpc) is 3.40. The summed E-state index contributed by atoms with van der Waals surface area (Å²) in [4.78, 5) is 27.2. The number of carbonyl (C=O) groups excluding carboxylic acids is 2. The molecule has 1 atom stereocenters. The Morgan fingerprint density at radius 3 is 2.29 bits per heavy atom. The molecule has 1 N–H and O–H groups in total. The minimum atomic E-state index is -0.102. The van der Waals surface area contributed by atoms with E-state index in [2.05, 4.69) is 5.32 Å². The number of amides is 2. The van der Waals surface area contributed by atoms with Gasteiger partial charge in [0.1, 0.15) is 0 Å². The molecule has 5 heteroatoms. The van der Waals surface area contributed by atoms with Crippen LogP contribution in [0.3, 0.4) is 0 Å². The van der Waals surface area contributed by atoms with E-state index in [0.717, 1.165) is 41.8 Å². The maximum atomic E-state index is 13.2. The molecule has 0 unspecified atom stereocenters. The standard InChI is InChI=1S/C29H30N2O3/c32-28(30-21-27-12-7-19-34-27)20-24-13-16-26(17-14-24)31(22-25-10-5-2-6-11-25)29(33)18-15-23-8-3-1-4-9-23/h1-6,8-11,13-18,27H,7,12,19-22H2,(H,30,32)/b18-15+/t27-/m1/s1. The van der Waals surface area contributed by atoms with E-state index in [1.54, 1.807) is 11.0 Å². The molecule has 1 fully saturated rings. The van der Waals surface area contributed by atoms with Crippen LogP contribution in [-0.2, 0) is 27.3 Å². The fourth-order valence-corrected chi connectivity index (χ4v) is 3.96. The molecule has 34 heavy (non-hydrogen) atoms. The molecule has 1 aliphatic heterocycles. The van der Waals surface area contributed by atoms with E-state index in [0.29, 0.717) is 19.5 Å². The van der Waals surface area contributed by atoms with Crippen molar-refractivity contribution < 1.29 is 14.3 Å². The zero-order valence-electron chi connectivity index (χ0n) is 19.2. The second-order valence-corrected chi connectivity index (χ2v) is 8.44. The first-order valence-corrected chi connectivity index (χ1v) is 11.7. The lowest BCUT2D eigenvalue weighted by Gasteiger charge is -2.22. The maximum absolute atomic E-state index is 13.2. The molecule has 0 bridgehead atoms. The number of rotatable bonds is 9. The van der Waals surface area contributed by atoms with E-state index in [4.69, 9.17) is 4.74 Å². The molecule has 0 radical (unpaired) electrons. The predicted molar refractivity (Wildman–Crippen MR) is 135 cm³/mol. The third kappa shape index (κ3) is 6.90. The summed E-state index contributed by atoms with van der Waals surface area (Å²) >= 11 is 0. The predicted octanol–water partition coefficient (Wildman–Crippen LogP) is 4.77. The van der Waals surface area contributed by atoms with Gasteiger partial charge in [0.15, 0.2) is 0 Å². The highest BCUT2D eigenvalue weighted by Gasteiger charge is 2.17. The van der Waals surface area contributed by atoms with Crippen LogP contribution in [-0.4, -0.2) is 31.1 Å². The second-order valence-electron chi connectivity index (χ2n) is 8.44. The smallest absolute Gasteiger partial charge is 0.251 e. The van der Waals surface area contributed by atoms with Crippen molar-refractivity contribution in [2.24, 2.45) is 0 Å². The van der Waals surface area contributed by atoms with Crippen molar-refractivity contribution in [2.75, 3.05) is 18.1 Å². The number of nitrogens with zero attached hydrogens (tertiary/aromatic N) is 1.